The van der Waals surface area contributed by atoms with Crippen LogP contribution in [0.25, 0.3) is 84.1 Å². The fourth-order valence-electron chi connectivity index (χ4n) is 6.73. The lowest BCUT2D eigenvalue weighted by Crippen LogP contribution is -2.00. The Morgan fingerprint density at radius 3 is 1.41 bits per heavy atom. The van der Waals surface area contributed by atoms with Crippen LogP contribution in [-0.2, 0) is 0 Å². The Morgan fingerprint density at radius 2 is 0.863 bits per heavy atom. The van der Waals surface area contributed by atoms with Crippen LogP contribution in [0.2, 0.25) is 0 Å². The molecule has 5 nitrogen and oxygen atoms in total. The molecule has 0 fully saturated rings. The molecule has 9 aromatic rings. The highest BCUT2D eigenvalue weighted by atomic mass is 15.2. The van der Waals surface area contributed by atoms with Gasteiger partial charge in [-0.3, -0.25) is 0 Å². The molecule has 3 heterocycles. The van der Waals surface area contributed by atoms with Gasteiger partial charge in [0.05, 0.1) is 11.2 Å². The molecule has 5 heteroatoms. The molecule has 6 aromatic carbocycles. The molecule has 0 bridgehead atoms. The van der Waals surface area contributed by atoms with E-state index < -0.39 is 0 Å². The van der Waals surface area contributed by atoms with Gasteiger partial charge in [0, 0.05) is 38.8 Å². The summed E-state index contributed by atoms with van der Waals surface area (Å²) in [7, 11) is 0. The Kier molecular flexibility index (Phi) is 7.51. The van der Waals surface area contributed by atoms with E-state index in [4.69, 9.17) is 20.1 Å². The van der Waals surface area contributed by atoms with Crippen molar-refractivity contribution in [3.8, 4) is 67.8 Å². The predicted molar refractivity (Wildman–Crippen MR) is 208 cm³/mol. The highest BCUT2D eigenvalue weighted by Crippen LogP contribution is 2.41. The number of aryl methyl sites for hydroxylation is 2. The molecule has 0 N–H and O–H groups in total. The van der Waals surface area contributed by atoms with Crippen molar-refractivity contribution in [1.82, 2.24) is 24.6 Å². The van der Waals surface area contributed by atoms with E-state index in [0.717, 1.165) is 66.6 Å². The first kappa shape index (κ1) is 30.3. The second-order valence-electron chi connectivity index (χ2n) is 12.9. The van der Waals surface area contributed by atoms with Crippen molar-refractivity contribution in [2.24, 2.45) is 0 Å². The van der Waals surface area contributed by atoms with Gasteiger partial charge in [0.25, 0.3) is 0 Å². The summed E-state index contributed by atoms with van der Waals surface area (Å²) >= 11 is 0. The molecule has 0 atom stereocenters. The minimum atomic E-state index is 0.628. The van der Waals surface area contributed by atoms with Gasteiger partial charge in [-0.1, -0.05) is 169 Å². The Bertz CT molecular complexity index is 2600. The molecule has 0 saturated carbocycles. The summed E-state index contributed by atoms with van der Waals surface area (Å²) in [6.07, 6.45) is 0. The first-order chi connectivity index (χ1) is 25.1. The fourth-order valence-corrected chi connectivity index (χ4v) is 6.73. The third kappa shape index (κ3) is 5.65. The van der Waals surface area contributed by atoms with Gasteiger partial charge >= 0.3 is 0 Å². The lowest BCUT2D eigenvalue weighted by Gasteiger charge is -2.12. The molecule has 3 aromatic heterocycles. The monoisotopic (exact) mass is 655 g/mol. The van der Waals surface area contributed by atoms with Crippen molar-refractivity contribution >= 4 is 16.3 Å². The summed E-state index contributed by atoms with van der Waals surface area (Å²) in [5, 5.41) is 7.67. The maximum atomic E-state index is 5.35. The van der Waals surface area contributed by atoms with Crippen molar-refractivity contribution in [2.45, 2.75) is 13.8 Å². The fraction of sp³-hybridized carbons (Fsp3) is 0.0435. The van der Waals surface area contributed by atoms with E-state index in [0.29, 0.717) is 17.5 Å². The summed E-state index contributed by atoms with van der Waals surface area (Å²) < 4.78 is 2.12. The molecule has 0 aliphatic rings. The number of rotatable bonds is 6. The standard InChI is InChI=1S/C46H33N5/c1-30-17-21-35(22-18-30)44-47-45(36-23-19-31(2)20-24-36)49-46(48-44)37-27-25-32(26-28-37)40-29-38-15-9-10-16-39(38)43-41(33-11-5-3-6-12-33)42(50-51(40)43)34-13-7-4-8-14-34/h3-29H,1-2H3. The van der Waals surface area contributed by atoms with Crippen molar-refractivity contribution in [1.29, 1.82) is 0 Å². The summed E-state index contributed by atoms with van der Waals surface area (Å²) in [4.78, 5) is 14.9. The Hall–Kier alpha value is -6.72. The van der Waals surface area contributed by atoms with Gasteiger partial charge in [0.1, 0.15) is 5.69 Å². The van der Waals surface area contributed by atoms with E-state index in [-0.39, 0.29) is 0 Å². The van der Waals surface area contributed by atoms with Crippen molar-refractivity contribution < 1.29 is 0 Å². The number of pyridine rings is 1. The average Bonchev–Trinajstić information content (AvgIpc) is 3.60. The summed E-state index contributed by atoms with van der Waals surface area (Å²) in [5.74, 6) is 1.92. The van der Waals surface area contributed by atoms with E-state index in [9.17, 15) is 0 Å². The molecule has 51 heavy (non-hydrogen) atoms. The predicted octanol–water partition coefficient (Wildman–Crippen LogP) is 11.3. The Balaban J connectivity index is 1.22. The second kappa shape index (κ2) is 12.6. The molecular formula is C46H33N5. The molecular weight excluding hydrogens is 623 g/mol. The largest absolute Gasteiger partial charge is 0.231 e. The third-order valence-electron chi connectivity index (χ3n) is 9.43. The van der Waals surface area contributed by atoms with E-state index >= 15 is 0 Å². The van der Waals surface area contributed by atoms with Crippen LogP contribution in [0.4, 0.5) is 0 Å². The molecule has 0 unspecified atom stereocenters. The zero-order chi connectivity index (χ0) is 34.3. The van der Waals surface area contributed by atoms with Crippen LogP contribution >= 0.6 is 0 Å². The van der Waals surface area contributed by atoms with Crippen LogP contribution in [0.5, 0.6) is 0 Å². The second-order valence-corrected chi connectivity index (χ2v) is 12.9. The first-order valence-corrected chi connectivity index (χ1v) is 17.2. The first-order valence-electron chi connectivity index (χ1n) is 17.2. The maximum Gasteiger partial charge on any atom is 0.164 e. The van der Waals surface area contributed by atoms with Gasteiger partial charge in [0.2, 0.25) is 0 Å². The maximum absolute atomic E-state index is 5.35. The summed E-state index contributed by atoms with van der Waals surface area (Å²) in [6, 6.07) is 57.0. The molecule has 242 valence electrons. The number of benzene rings is 6. The molecule has 0 radical (unpaired) electrons. The van der Waals surface area contributed by atoms with Crippen molar-refractivity contribution in [3.63, 3.8) is 0 Å². The molecule has 9 rings (SSSR count). The van der Waals surface area contributed by atoms with Gasteiger partial charge in [0.15, 0.2) is 17.5 Å². The van der Waals surface area contributed by atoms with Crippen LogP contribution in [0.1, 0.15) is 11.1 Å². The van der Waals surface area contributed by atoms with Gasteiger partial charge < -0.3 is 0 Å². The molecule has 0 saturated heterocycles. The Labute approximate surface area is 296 Å². The quantitative estimate of drug-likeness (QED) is 0.179. The van der Waals surface area contributed by atoms with Gasteiger partial charge in [-0.2, -0.15) is 5.10 Å². The molecule has 0 aliphatic carbocycles. The SMILES string of the molecule is Cc1ccc(-c2nc(-c3ccc(C)cc3)nc(-c3ccc(-c4cc5ccccc5c5c(-c6ccccc6)c(-c6ccccc6)nn45)cc3)n2)cc1. The van der Waals surface area contributed by atoms with Crippen molar-refractivity contribution in [3.05, 3.63) is 175 Å². The van der Waals surface area contributed by atoms with Crippen LogP contribution in [0.3, 0.4) is 0 Å². The lowest BCUT2D eigenvalue weighted by atomic mass is 9.97. The number of hydrogen-bond acceptors (Lipinski definition) is 4. The van der Waals surface area contributed by atoms with Gasteiger partial charge in [-0.05, 0) is 30.9 Å². The number of fused-ring (bicyclic) bond motifs is 3. The van der Waals surface area contributed by atoms with Gasteiger partial charge in [-0.25, -0.2) is 19.5 Å². The van der Waals surface area contributed by atoms with Gasteiger partial charge in [-0.15, -0.1) is 0 Å². The van der Waals surface area contributed by atoms with E-state index in [2.05, 4.69) is 176 Å². The highest BCUT2D eigenvalue weighted by Gasteiger charge is 2.21. The van der Waals surface area contributed by atoms with Crippen LogP contribution in [-0.4, -0.2) is 24.6 Å². The smallest absolute Gasteiger partial charge is 0.164 e. The van der Waals surface area contributed by atoms with E-state index in [1.165, 1.54) is 11.1 Å². The number of hydrogen-bond donors (Lipinski definition) is 0. The van der Waals surface area contributed by atoms with Crippen LogP contribution in [0, 0.1) is 13.8 Å². The average molecular weight is 656 g/mol. The van der Waals surface area contributed by atoms with E-state index in [1.54, 1.807) is 0 Å². The summed E-state index contributed by atoms with van der Waals surface area (Å²) in [5.41, 5.74) is 12.6. The normalized spacial score (nSPS) is 11.3. The topological polar surface area (TPSA) is 56.0 Å². The molecule has 0 spiro atoms. The zero-order valence-electron chi connectivity index (χ0n) is 28.3. The van der Waals surface area contributed by atoms with Crippen molar-refractivity contribution in [2.75, 3.05) is 0 Å². The highest BCUT2D eigenvalue weighted by molar-refractivity contribution is 6.08. The number of aromatic nitrogens is 5. The van der Waals surface area contributed by atoms with Crippen LogP contribution in [0.15, 0.2) is 164 Å². The molecule has 0 amide bonds. The minimum Gasteiger partial charge on any atom is -0.231 e. The lowest BCUT2D eigenvalue weighted by molar-refractivity contribution is 0.979. The third-order valence-corrected chi connectivity index (χ3v) is 9.43. The summed E-state index contributed by atoms with van der Waals surface area (Å²) in [6.45, 7) is 4.17. The van der Waals surface area contributed by atoms with E-state index in [1.807, 2.05) is 6.07 Å². The Morgan fingerprint density at radius 1 is 0.412 bits per heavy atom. The zero-order valence-corrected chi connectivity index (χ0v) is 28.3. The van der Waals surface area contributed by atoms with Crippen LogP contribution < -0.4 is 0 Å². The molecule has 0 aliphatic heterocycles. The number of nitrogens with zero attached hydrogens (tertiary/aromatic N) is 5. The minimum absolute atomic E-state index is 0.628.